The Kier molecular flexibility index (Phi) is 8.97. The van der Waals surface area contributed by atoms with E-state index in [2.05, 4.69) is 26.8 Å². The maximum Gasteiger partial charge on any atom is 0.118 e. The number of hydrogen-bond donors (Lipinski definition) is 1. The van der Waals surface area contributed by atoms with E-state index in [9.17, 15) is 5.11 Å². The number of unbranched alkanes of at least 4 members (excludes halogenated alkanes) is 2. The number of alkyl halides is 1. The topological polar surface area (TPSA) is 20.2 Å². The van der Waals surface area contributed by atoms with Crippen LogP contribution in [0.5, 0.6) is 5.75 Å². The van der Waals surface area contributed by atoms with Crippen molar-refractivity contribution in [2.24, 2.45) is 0 Å². The lowest BCUT2D eigenvalue weighted by Gasteiger charge is -2.06. The molecule has 1 rings (SSSR count). The van der Waals surface area contributed by atoms with Gasteiger partial charge in [-0.3, -0.25) is 0 Å². The van der Waals surface area contributed by atoms with E-state index in [1.54, 1.807) is 0 Å². The number of aryl methyl sites for hydroxylation is 1. The molecule has 98 valence electrons. The molecule has 17 heavy (non-hydrogen) atoms. The molecule has 0 aliphatic carbocycles. The van der Waals surface area contributed by atoms with Gasteiger partial charge in [0.15, 0.2) is 0 Å². The van der Waals surface area contributed by atoms with Gasteiger partial charge in [0, 0.05) is 5.88 Å². The molecule has 0 amide bonds. The van der Waals surface area contributed by atoms with Crippen molar-refractivity contribution in [2.75, 3.05) is 5.88 Å². The van der Waals surface area contributed by atoms with Crippen LogP contribution in [-0.2, 0) is 0 Å². The molecule has 0 aromatic heterocycles. The van der Waals surface area contributed by atoms with Crippen molar-refractivity contribution >= 4 is 11.6 Å². The summed E-state index contributed by atoms with van der Waals surface area (Å²) in [6.07, 6.45) is 3.73. The fraction of sp³-hybridized carbons (Fsp3) is 0.600. The van der Waals surface area contributed by atoms with Crippen LogP contribution in [0.25, 0.3) is 0 Å². The average Bonchev–Trinajstić information content (AvgIpc) is 2.30. The van der Waals surface area contributed by atoms with Gasteiger partial charge < -0.3 is 5.11 Å². The maximum absolute atomic E-state index is 9.35. The van der Waals surface area contributed by atoms with Gasteiger partial charge in [-0.2, -0.15) is 0 Å². The average molecular weight is 257 g/mol. The van der Waals surface area contributed by atoms with Gasteiger partial charge in [0.1, 0.15) is 5.75 Å². The first-order valence-corrected chi connectivity index (χ1v) is 6.91. The second kappa shape index (κ2) is 9.35. The number of hydrogen-bond acceptors (Lipinski definition) is 1. The Balaban J connectivity index is 0.000000366. The van der Waals surface area contributed by atoms with Gasteiger partial charge in [-0.1, -0.05) is 45.7 Å². The zero-order valence-electron chi connectivity index (χ0n) is 11.5. The zero-order chi connectivity index (χ0) is 13.3. The predicted molar refractivity (Wildman–Crippen MR) is 77.2 cm³/mol. The first kappa shape index (κ1) is 16.3. The molecule has 0 aliphatic rings. The first-order valence-electron chi connectivity index (χ1n) is 6.38. The molecule has 0 saturated heterocycles. The molecule has 0 aliphatic heterocycles. The third-order valence-electron chi connectivity index (χ3n) is 2.64. The number of halogens is 1. The van der Waals surface area contributed by atoms with Crippen LogP contribution in [-0.4, -0.2) is 11.0 Å². The molecular formula is C15H25ClO. The Morgan fingerprint density at radius 1 is 1.24 bits per heavy atom. The van der Waals surface area contributed by atoms with Gasteiger partial charge in [-0.25, -0.2) is 0 Å². The Morgan fingerprint density at radius 2 is 1.88 bits per heavy atom. The monoisotopic (exact) mass is 256 g/mol. The van der Waals surface area contributed by atoms with Crippen LogP contribution in [0, 0.1) is 6.92 Å². The third kappa shape index (κ3) is 7.27. The van der Waals surface area contributed by atoms with E-state index in [0.29, 0.717) is 11.7 Å². The largest absolute Gasteiger partial charge is 0.508 e. The molecule has 1 aromatic rings. The molecule has 0 spiro atoms. The van der Waals surface area contributed by atoms with Gasteiger partial charge in [-0.15, -0.1) is 11.6 Å². The van der Waals surface area contributed by atoms with E-state index < -0.39 is 0 Å². The van der Waals surface area contributed by atoms with Crippen LogP contribution in [0.1, 0.15) is 57.1 Å². The summed E-state index contributed by atoms with van der Waals surface area (Å²) in [5.74, 6) is 1.71. The van der Waals surface area contributed by atoms with Crippen molar-refractivity contribution in [1.82, 2.24) is 0 Å². The number of rotatable bonds is 4. The summed E-state index contributed by atoms with van der Waals surface area (Å²) in [4.78, 5) is 0. The molecule has 2 heteroatoms. The SMILES string of the molecule is CCCCCCl.Cc1ccc(C(C)C)cc1O. The lowest BCUT2D eigenvalue weighted by molar-refractivity contribution is 0.470. The molecule has 0 saturated carbocycles. The van der Waals surface area contributed by atoms with Crippen molar-refractivity contribution in [1.29, 1.82) is 0 Å². The predicted octanol–water partition coefficient (Wildman–Crippen LogP) is 5.24. The Bertz CT molecular complexity index is 304. The summed E-state index contributed by atoms with van der Waals surface area (Å²) in [5, 5.41) is 9.35. The van der Waals surface area contributed by atoms with Crippen LogP contribution < -0.4 is 0 Å². The molecule has 1 aromatic carbocycles. The van der Waals surface area contributed by atoms with Crippen molar-refractivity contribution in [3.8, 4) is 5.75 Å². The van der Waals surface area contributed by atoms with Crippen LogP contribution in [0.3, 0.4) is 0 Å². The number of aromatic hydroxyl groups is 1. The van der Waals surface area contributed by atoms with Crippen molar-refractivity contribution in [3.05, 3.63) is 29.3 Å². The molecule has 0 unspecified atom stereocenters. The molecule has 0 fully saturated rings. The molecule has 1 N–H and O–H groups in total. The van der Waals surface area contributed by atoms with Gasteiger partial charge in [0.25, 0.3) is 0 Å². The Hall–Kier alpha value is -0.690. The summed E-state index contributed by atoms with van der Waals surface area (Å²) in [6.45, 7) is 8.31. The summed E-state index contributed by atoms with van der Waals surface area (Å²) >= 11 is 5.38. The van der Waals surface area contributed by atoms with E-state index in [0.717, 1.165) is 11.4 Å². The van der Waals surface area contributed by atoms with E-state index in [1.165, 1.54) is 24.8 Å². The van der Waals surface area contributed by atoms with Crippen LogP contribution in [0.2, 0.25) is 0 Å². The fourth-order valence-electron chi connectivity index (χ4n) is 1.33. The normalized spacial score (nSPS) is 10.0. The van der Waals surface area contributed by atoms with Crippen LogP contribution in [0.15, 0.2) is 18.2 Å². The molecule has 0 bridgehead atoms. The van der Waals surface area contributed by atoms with Gasteiger partial charge in [0.05, 0.1) is 0 Å². The third-order valence-corrected chi connectivity index (χ3v) is 2.90. The number of benzene rings is 1. The summed E-state index contributed by atoms with van der Waals surface area (Å²) in [7, 11) is 0. The van der Waals surface area contributed by atoms with Crippen molar-refractivity contribution in [3.63, 3.8) is 0 Å². The lowest BCUT2D eigenvalue weighted by atomic mass is 10.0. The highest BCUT2D eigenvalue weighted by molar-refractivity contribution is 6.17. The molecule has 0 heterocycles. The number of phenols is 1. The van der Waals surface area contributed by atoms with E-state index in [4.69, 9.17) is 11.6 Å². The fourth-order valence-corrected chi connectivity index (χ4v) is 1.52. The Morgan fingerprint density at radius 3 is 2.24 bits per heavy atom. The summed E-state index contributed by atoms with van der Waals surface area (Å²) < 4.78 is 0. The lowest BCUT2D eigenvalue weighted by Crippen LogP contribution is -1.86. The summed E-state index contributed by atoms with van der Waals surface area (Å²) in [5.41, 5.74) is 2.13. The van der Waals surface area contributed by atoms with Crippen molar-refractivity contribution < 1.29 is 5.11 Å². The highest BCUT2D eigenvalue weighted by Gasteiger charge is 2.00. The van der Waals surface area contributed by atoms with Crippen molar-refractivity contribution in [2.45, 2.75) is 52.9 Å². The molecule has 1 nitrogen and oxygen atoms in total. The van der Waals surface area contributed by atoms with E-state index >= 15 is 0 Å². The zero-order valence-corrected chi connectivity index (χ0v) is 12.2. The minimum atomic E-state index is 0.399. The van der Waals surface area contributed by atoms with E-state index in [-0.39, 0.29) is 0 Å². The minimum absolute atomic E-state index is 0.399. The highest BCUT2D eigenvalue weighted by atomic mass is 35.5. The molecule has 0 radical (unpaired) electrons. The Labute approximate surface area is 111 Å². The maximum atomic E-state index is 9.35. The molecule has 0 atom stereocenters. The standard InChI is InChI=1S/C10H14O.C5H11Cl/c1-7(2)9-5-4-8(3)10(11)6-9;1-2-3-4-5-6/h4-7,11H,1-3H3;2-5H2,1H3. The highest BCUT2D eigenvalue weighted by Crippen LogP contribution is 2.22. The smallest absolute Gasteiger partial charge is 0.118 e. The van der Waals surface area contributed by atoms with Crippen LogP contribution >= 0.6 is 11.6 Å². The van der Waals surface area contributed by atoms with E-state index in [1.807, 2.05) is 19.1 Å². The minimum Gasteiger partial charge on any atom is -0.508 e. The van der Waals surface area contributed by atoms with Gasteiger partial charge in [0.2, 0.25) is 0 Å². The quantitative estimate of drug-likeness (QED) is 0.577. The second-order valence-electron chi connectivity index (χ2n) is 4.60. The summed E-state index contributed by atoms with van der Waals surface area (Å²) in [6, 6.07) is 5.84. The first-order chi connectivity index (χ1) is 8.02. The molecular weight excluding hydrogens is 232 g/mol. The number of phenolic OH excluding ortho intramolecular Hbond substituents is 1. The van der Waals surface area contributed by atoms with Crippen LogP contribution in [0.4, 0.5) is 0 Å². The second-order valence-corrected chi connectivity index (χ2v) is 4.97. The van der Waals surface area contributed by atoms with Gasteiger partial charge >= 0.3 is 0 Å². The van der Waals surface area contributed by atoms with Gasteiger partial charge in [-0.05, 0) is 36.5 Å².